The Hall–Kier alpha value is -2.17. The van der Waals surface area contributed by atoms with Crippen molar-refractivity contribution in [1.82, 2.24) is 15.0 Å². The molecule has 0 saturated carbocycles. The summed E-state index contributed by atoms with van der Waals surface area (Å²) >= 11 is 0. The summed E-state index contributed by atoms with van der Waals surface area (Å²) in [5.74, 6) is -1.06. The largest absolute Gasteiger partial charge is 0.476 e. The quantitative estimate of drug-likeness (QED) is 0.896. The molecule has 2 rings (SSSR count). The first-order valence-corrected chi connectivity index (χ1v) is 5.85. The highest BCUT2D eigenvalue weighted by molar-refractivity contribution is 5.92. The Morgan fingerprint density at radius 2 is 1.94 bits per heavy atom. The van der Waals surface area contributed by atoms with Crippen LogP contribution in [-0.4, -0.2) is 26.1 Å². The van der Waals surface area contributed by atoms with Gasteiger partial charge in [0.1, 0.15) is 5.69 Å². The van der Waals surface area contributed by atoms with Crippen LogP contribution in [0.4, 0.5) is 0 Å². The lowest BCUT2D eigenvalue weighted by atomic mass is 10.1. The molecule has 1 aromatic heterocycles. The zero-order chi connectivity index (χ0) is 13.1. The van der Waals surface area contributed by atoms with Gasteiger partial charge in [-0.3, -0.25) is 0 Å². The van der Waals surface area contributed by atoms with Crippen LogP contribution in [0.2, 0.25) is 0 Å². The molecule has 0 spiro atoms. The van der Waals surface area contributed by atoms with Crippen LogP contribution in [0.1, 0.15) is 29.4 Å². The van der Waals surface area contributed by atoms with Gasteiger partial charge < -0.3 is 5.11 Å². The molecule has 0 aliphatic carbocycles. The third-order valence-electron chi connectivity index (χ3n) is 2.68. The Kier molecular flexibility index (Phi) is 3.41. The molecule has 0 amide bonds. The topological polar surface area (TPSA) is 68.0 Å². The summed E-state index contributed by atoms with van der Waals surface area (Å²) in [7, 11) is 1.61. The number of benzene rings is 1. The first kappa shape index (κ1) is 12.3. The molecule has 18 heavy (non-hydrogen) atoms. The molecule has 0 fully saturated rings. The molecule has 1 aromatic carbocycles. The van der Waals surface area contributed by atoms with E-state index < -0.39 is 5.97 Å². The summed E-state index contributed by atoms with van der Waals surface area (Å²) in [5.41, 5.74) is 2.41. The van der Waals surface area contributed by atoms with Crippen molar-refractivity contribution in [3.05, 3.63) is 35.5 Å². The minimum atomic E-state index is -1.06. The minimum absolute atomic E-state index is 0.0132. The summed E-state index contributed by atoms with van der Waals surface area (Å²) in [6.45, 7) is 2.12. The van der Waals surface area contributed by atoms with Gasteiger partial charge in [0.15, 0.2) is 5.69 Å². The molecule has 0 radical (unpaired) electrons. The van der Waals surface area contributed by atoms with Crippen molar-refractivity contribution in [3.8, 4) is 11.3 Å². The summed E-state index contributed by atoms with van der Waals surface area (Å²) in [6.07, 6.45) is 2.11. The molecule has 0 unspecified atom stereocenters. The maximum atomic E-state index is 11.1. The predicted molar refractivity (Wildman–Crippen MR) is 67.4 cm³/mol. The summed E-state index contributed by atoms with van der Waals surface area (Å²) < 4.78 is 0. The number of hydrogen-bond acceptors (Lipinski definition) is 3. The number of rotatable bonds is 4. The van der Waals surface area contributed by atoms with Crippen molar-refractivity contribution < 1.29 is 9.90 Å². The first-order chi connectivity index (χ1) is 8.61. The predicted octanol–water partition coefficient (Wildman–Crippen LogP) is 2.13. The van der Waals surface area contributed by atoms with Crippen LogP contribution in [0.15, 0.2) is 24.3 Å². The molecular weight excluding hydrogens is 230 g/mol. The van der Waals surface area contributed by atoms with Crippen LogP contribution < -0.4 is 0 Å². The Bertz CT molecular complexity index is 558. The van der Waals surface area contributed by atoms with E-state index in [-0.39, 0.29) is 5.69 Å². The van der Waals surface area contributed by atoms with Crippen molar-refractivity contribution in [3.63, 3.8) is 0 Å². The van der Waals surface area contributed by atoms with E-state index >= 15 is 0 Å². The molecule has 0 bridgehead atoms. The van der Waals surface area contributed by atoms with Crippen LogP contribution in [0.25, 0.3) is 11.3 Å². The highest BCUT2D eigenvalue weighted by Crippen LogP contribution is 2.21. The van der Waals surface area contributed by atoms with Gasteiger partial charge in [-0.2, -0.15) is 9.90 Å². The molecule has 0 atom stereocenters. The third-order valence-corrected chi connectivity index (χ3v) is 2.68. The number of nitrogens with zero attached hydrogens (tertiary/aromatic N) is 3. The smallest absolute Gasteiger partial charge is 0.358 e. The van der Waals surface area contributed by atoms with Gasteiger partial charge in [-0.1, -0.05) is 37.6 Å². The summed E-state index contributed by atoms with van der Waals surface area (Å²) in [6, 6.07) is 7.78. The molecular formula is C13H15N3O2. The second-order valence-electron chi connectivity index (χ2n) is 4.14. The number of aromatic nitrogens is 3. The van der Waals surface area contributed by atoms with Crippen LogP contribution in [0, 0.1) is 0 Å². The van der Waals surface area contributed by atoms with E-state index in [4.69, 9.17) is 5.11 Å². The zero-order valence-electron chi connectivity index (χ0n) is 10.4. The van der Waals surface area contributed by atoms with Gasteiger partial charge >= 0.3 is 5.97 Å². The molecule has 94 valence electrons. The average molecular weight is 245 g/mol. The maximum Gasteiger partial charge on any atom is 0.358 e. The van der Waals surface area contributed by atoms with Gasteiger partial charge in [0, 0.05) is 12.6 Å². The SMILES string of the molecule is CCCc1ccc(-c2nn(C)nc2C(=O)O)cc1. The number of carbonyl (C=O) groups is 1. The molecule has 5 heteroatoms. The fraction of sp³-hybridized carbons (Fsp3) is 0.308. The van der Waals surface area contributed by atoms with Crippen LogP contribution in [0.5, 0.6) is 0 Å². The Balaban J connectivity index is 2.39. The third kappa shape index (κ3) is 2.40. The number of carboxylic acid groups (broad SMARTS) is 1. The normalized spacial score (nSPS) is 10.6. The average Bonchev–Trinajstić information content (AvgIpc) is 2.73. The Morgan fingerprint density at radius 3 is 2.50 bits per heavy atom. The standard InChI is InChI=1S/C13H15N3O2/c1-3-4-9-5-7-10(8-6-9)11-12(13(17)18)15-16(2)14-11/h5-8H,3-4H2,1-2H3,(H,17,18). The van der Waals surface area contributed by atoms with Gasteiger partial charge in [0.05, 0.1) is 0 Å². The van der Waals surface area contributed by atoms with Crippen molar-refractivity contribution in [1.29, 1.82) is 0 Å². The molecule has 1 N–H and O–H groups in total. The fourth-order valence-corrected chi connectivity index (χ4v) is 1.86. The van der Waals surface area contributed by atoms with Gasteiger partial charge in [0.25, 0.3) is 0 Å². The molecule has 0 saturated heterocycles. The van der Waals surface area contributed by atoms with E-state index in [1.165, 1.54) is 10.4 Å². The monoisotopic (exact) mass is 245 g/mol. The van der Waals surface area contributed by atoms with Crippen LogP contribution in [-0.2, 0) is 13.5 Å². The summed E-state index contributed by atoms with van der Waals surface area (Å²) in [5, 5.41) is 17.0. The minimum Gasteiger partial charge on any atom is -0.476 e. The van der Waals surface area contributed by atoms with E-state index in [0.717, 1.165) is 18.4 Å². The second-order valence-corrected chi connectivity index (χ2v) is 4.14. The highest BCUT2D eigenvalue weighted by atomic mass is 16.4. The van der Waals surface area contributed by atoms with Crippen LogP contribution in [0.3, 0.4) is 0 Å². The Morgan fingerprint density at radius 1 is 1.28 bits per heavy atom. The van der Waals surface area contributed by atoms with Crippen molar-refractivity contribution in [2.24, 2.45) is 7.05 Å². The number of aryl methyl sites for hydroxylation is 2. The van der Waals surface area contributed by atoms with Crippen molar-refractivity contribution >= 4 is 5.97 Å². The zero-order valence-corrected chi connectivity index (χ0v) is 10.4. The van der Waals surface area contributed by atoms with E-state index in [9.17, 15) is 4.79 Å². The molecule has 5 nitrogen and oxygen atoms in total. The van der Waals surface area contributed by atoms with Gasteiger partial charge in [-0.25, -0.2) is 4.79 Å². The molecule has 0 aliphatic heterocycles. The summed E-state index contributed by atoms with van der Waals surface area (Å²) in [4.78, 5) is 12.3. The molecule has 2 aromatic rings. The highest BCUT2D eigenvalue weighted by Gasteiger charge is 2.17. The van der Waals surface area contributed by atoms with Crippen LogP contribution >= 0.6 is 0 Å². The maximum absolute atomic E-state index is 11.1. The fourth-order valence-electron chi connectivity index (χ4n) is 1.86. The van der Waals surface area contributed by atoms with E-state index in [1.54, 1.807) is 7.05 Å². The number of carboxylic acids is 1. The van der Waals surface area contributed by atoms with E-state index in [2.05, 4.69) is 17.1 Å². The van der Waals surface area contributed by atoms with Gasteiger partial charge in [0.2, 0.25) is 0 Å². The van der Waals surface area contributed by atoms with Crippen molar-refractivity contribution in [2.75, 3.05) is 0 Å². The lowest BCUT2D eigenvalue weighted by molar-refractivity contribution is 0.0690. The second kappa shape index (κ2) is 5.00. The first-order valence-electron chi connectivity index (χ1n) is 5.85. The number of hydrogen-bond donors (Lipinski definition) is 1. The lowest BCUT2D eigenvalue weighted by Crippen LogP contribution is -2.00. The molecule has 1 heterocycles. The van der Waals surface area contributed by atoms with Gasteiger partial charge in [-0.05, 0) is 12.0 Å². The Labute approximate surface area is 105 Å². The lowest BCUT2D eigenvalue weighted by Gasteiger charge is -2.01. The van der Waals surface area contributed by atoms with E-state index in [1.807, 2.05) is 24.3 Å². The molecule has 0 aliphatic rings. The van der Waals surface area contributed by atoms with Crippen molar-refractivity contribution in [2.45, 2.75) is 19.8 Å². The number of aromatic carboxylic acids is 1. The van der Waals surface area contributed by atoms with Gasteiger partial charge in [-0.15, -0.1) is 5.10 Å². The van der Waals surface area contributed by atoms with E-state index in [0.29, 0.717) is 5.69 Å².